The zero-order valence-corrected chi connectivity index (χ0v) is 19.0. The van der Waals surface area contributed by atoms with Crippen LogP contribution in [0.3, 0.4) is 0 Å². The second kappa shape index (κ2) is 12.7. The summed E-state index contributed by atoms with van der Waals surface area (Å²) in [6.07, 6.45) is 1.76. The Morgan fingerprint density at radius 2 is 1.69 bits per heavy atom. The first-order valence-electron chi connectivity index (χ1n) is 10.1. The van der Waals surface area contributed by atoms with Crippen molar-refractivity contribution >= 4 is 15.9 Å². The van der Waals surface area contributed by atoms with Gasteiger partial charge in [0.2, 0.25) is 10.0 Å². The fraction of sp³-hybridized carbons (Fsp3) is 0.650. The molecular formula is C20H36N3O5S+. The zero-order valence-electron chi connectivity index (χ0n) is 18.2. The smallest absolute Gasteiger partial charge is 0.251 e. The van der Waals surface area contributed by atoms with Crippen LogP contribution in [-0.4, -0.2) is 66.5 Å². The van der Waals surface area contributed by atoms with E-state index in [2.05, 4.69) is 23.9 Å². The van der Waals surface area contributed by atoms with Crippen LogP contribution in [0.5, 0.6) is 11.5 Å². The maximum atomic E-state index is 12.3. The van der Waals surface area contributed by atoms with Crippen LogP contribution in [0.15, 0.2) is 18.2 Å². The van der Waals surface area contributed by atoms with Gasteiger partial charge in [0.25, 0.3) is 5.91 Å². The van der Waals surface area contributed by atoms with Gasteiger partial charge in [0.15, 0.2) is 0 Å². The third-order valence-electron chi connectivity index (χ3n) is 4.82. The van der Waals surface area contributed by atoms with Crippen LogP contribution < -0.4 is 24.4 Å². The lowest BCUT2D eigenvalue weighted by Gasteiger charge is -2.18. The van der Waals surface area contributed by atoms with Gasteiger partial charge in [-0.05, 0) is 45.7 Å². The minimum atomic E-state index is -3.47. The van der Waals surface area contributed by atoms with Crippen molar-refractivity contribution < 1.29 is 27.6 Å². The molecule has 0 saturated heterocycles. The summed E-state index contributed by atoms with van der Waals surface area (Å²) in [5.74, 6) is 0.423. The van der Waals surface area contributed by atoms with E-state index >= 15 is 0 Å². The molecule has 29 heavy (non-hydrogen) atoms. The molecule has 1 amide bonds. The molecule has 0 bridgehead atoms. The average molecular weight is 431 g/mol. The molecule has 1 atom stereocenters. The molecular weight excluding hydrogens is 394 g/mol. The predicted molar refractivity (Wildman–Crippen MR) is 114 cm³/mol. The van der Waals surface area contributed by atoms with Crippen molar-refractivity contribution in [3.63, 3.8) is 0 Å². The Labute approximate surface area is 175 Å². The van der Waals surface area contributed by atoms with Crippen molar-refractivity contribution in [1.29, 1.82) is 0 Å². The lowest BCUT2D eigenvalue weighted by Crippen LogP contribution is -3.11. The number of amides is 1. The van der Waals surface area contributed by atoms with Crippen LogP contribution in [0.4, 0.5) is 0 Å². The molecule has 0 aromatic heterocycles. The van der Waals surface area contributed by atoms with Crippen LogP contribution in [-0.2, 0) is 10.0 Å². The molecule has 0 unspecified atom stereocenters. The molecule has 0 spiro atoms. The summed E-state index contributed by atoms with van der Waals surface area (Å²) in [5.41, 5.74) is 0.346. The van der Waals surface area contributed by atoms with Crippen molar-refractivity contribution in [2.75, 3.05) is 46.2 Å². The van der Waals surface area contributed by atoms with Gasteiger partial charge >= 0.3 is 0 Å². The Balaban J connectivity index is 2.46. The Bertz CT molecular complexity index is 713. The van der Waals surface area contributed by atoms with Gasteiger partial charge in [-0.2, -0.15) is 0 Å². The third kappa shape index (κ3) is 9.47. The summed E-state index contributed by atoms with van der Waals surface area (Å²) in [7, 11) is -0.469. The summed E-state index contributed by atoms with van der Waals surface area (Å²) in [5, 5.41) is 2.63. The van der Waals surface area contributed by atoms with Gasteiger partial charge < -0.3 is 19.7 Å². The monoisotopic (exact) mass is 430 g/mol. The number of quaternary nitrogens is 1. The molecule has 1 rings (SSSR count). The van der Waals surface area contributed by atoms with Crippen molar-refractivity contribution in [2.45, 2.75) is 39.7 Å². The molecule has 0 saturated carbocycles. The highest BCUT2D eigenvalue weighted by Crippen LogP contribution is 2.22. The van der Waals surface area contributed by atoms with E-state index in [9.17, 15) is 13.2 Å². The summed E-state index contributed by atoms with van der Waals surface area (Å²) in [6, 6.07) is 4.68. The lowest BCUT2D eigenvalue weighted by atomic mass is 10.2. The van der Waals surface area contributed by atoms with Gasteiger partial charge in [0.05, 0.1) is 39.6 Å². The standard InChI is InChI=1S/C20H35N3O5S/c1-6-23(7-2)11-8-9-16(3)22-29(25,26)12-10-21-20(24)17-13-18(27-4)15-19(14-17)28-5/h13-16,22H,6-12H2,1-5H3,(H,21,24)/p+1/t16-/m0/s1. The Morgan fingerprint density at radius 3 is 2.21 bits per heavy atom. The molecule has 8 nitrogen and oxygen atoms in total. The summed E-state index contributed by atoms with van der Waals surface area (Å²) >= 11 is 0. The largest absolute Gasteiger partial charge is 0.497 e. The Hall–Kier alpha value is -1.84. The molecule has 0 heterocycles. The van der Waals surface area contributed by atoms with Gasteiger partial charge in [0.1, 0.15) is 11.5 Å². The molecule has 1 aromatic carbocycles. The number of carbonyl (C=O) groups is 1. The van der Waals surface area contributed by atoms with Gasteiger partial charge in [-0.15, -0.1) is 0 Å². The highest BCUT2D eigenvalue weighted by Gasteiger charge is 2.16. The zero-order chi connectivity index (χ0) is 21.9. The van der Waals surface area contributed by atoms with Crippen molar-refractivity contribution in [1.82, 2.24) is 10.0 Å². The van der Waals surface area contributed by atoms with Gasteiger partial charge in [-0.25, -0.2) is 13.1 Å². The molecule has 0 aliphatic heterocycles. The minimum Gasteiger partial charge on any atom is -0.497 e. The van der Waals surface area contributed by atoms with Gasteiger partial charge in [0, 0.05) is 24.2 Å². The van der Waals surface area contributed by atoms with Crippen LogP contribution in [0, 0.1) is 0 Å². The number of carbonyl (C=O) groups excluding carboxylic acids is 1. The van der Waals surface area contributed by atoms with Crippen LogP contribution in [0.2, 0.25) is 0 Å². The number of hydrogen-bond acceptors (Lipinski definition) is 5. The first-order chi connectivity index (χ1) is 13.7. The average Bonchev–Trinajstić information content (AvgIpc) is 2.70. The third-order valence-corrected chi connectivity index (χ3v) is 6.32. The molecule has 9 heteroatoms. The van der Waals surface area contributed by atoms with Crippen molar-refractivity contribution in [3.8, 4) is 11.5 Å². The van der Waals surface area contributed by atoms with E-state index in [0.29, 0.717) is 17.1 Å². The molecule has 0 radical (unpaired) electrons. The number of methoxy groups -OCH3 is 2. The molecule has 0 aliphatic carbocycles. The Kier molecular flexibility index (Phi) is 11.0. The van der Waals surface area contributed by atoms with E-state index < -0.39 is 10.0 Å². The quantitative estimate of drug-likeness (QED) is 0.398. The first kappa shape index (κ1) is 25.2. The molecule has 1 aromatic rings. The topological polar surface area (TPSA) is 98.2 Å². The summed E-state index contributed by atoms with van der Waals surface area (Å²) in [4.78, 5) is 13.8. The number of sulfonamides is 1. The number of ether oxygens (including phenoxy) is 2. The number of nitrogens with one attached hydrogen (secondary N) is 3. The molecule has 0 fully saturated rings. The highest BCUT2D eigenvalue weighted by molar-refractivity contribution is 7.89. The summed E-state index contributed by atoms with van der Waals surface area (Å²) in [6.45, 7) is 9.39. The fourth-order valence-corrected chi connectivity index (χ4v) is 4.25. The van der Waals surface area contributed by atoms with E-state index in [1.807, 2.05) is 6.92 Å². The first-order valence-corrected chi connectivity index (χ1v) is 11.7. The maximum Gasteiger partial charge on any atom is 0.251 e. The van der Waals surface area contributed by atoms with Crippen molar-refractivity contribution in [3.05, 3.63) is 23.8 Å². The van der Waals surface area contributed by atoms with Crippen LogP contribution >= 0.6 is 0 Å². The predicted octanol–water partition coefficient (Wildman–Crippen LogP) is 0.446. The molecule has 0 aliphatic rings. The second-order valence-electron chi connectivity index (χ2n) is 7.04. The Morgan fingerprint density at radius 1 is 1.10 bits per heavy atom. The number of hydrogen-bond donors (Lipinski definition) is 3. The highest BCUT2D eigenvalue weighted by atomic mass is 32.2. The fourth-order valence-electron chi connectivity index (χ4n) is 3.03. The van der Waals surface area contributed by atoms with Gasteiger partial charge in [-0.3, -0.25) is 4.79 Å². The lowest BCUT2D eigenvalue weighted by molar-refractivity contribution is -0.896. The van der Waals surface area contributed by atoms with Gasteiger partial charge in [-0.1, -0.05) is 0 Å². The van der Waals surface area contributed by atoms with Crippen LogP contribution in [0.1, 0.15) is 44.0 Å². The maximum absolute atomic E-state index is 12.3. The van der Waals surface area contributed by atoms with Crippen molar-refractivity contribution in [2.24, 2.45) is 0 Å². The number of rotatable bonds is 14. The number of benzene rings is 1. The molecule has 166 valence electrons. The summed E-state index contributed by atoms with van der Waals surface area (Å²) < 4.78 is 37.5. The van der Waals surface area contributed by atoms with E-state index in [-0.39, 0.29) is 24.2 Å². The van der Waals surface area contributed by atoms with E-state index in [1.54, 1.807) is 18.2 Å². The normalized spacial score (nSPS) is 12.6. The van der Waals surface area contributed by atoms with E-state index in [0.717, 1.165) is 32.5 Å². The van der Waals surface area contributed by atoms with E-state index in [4.69, 9.17) is 9.47 Å². The van der Waals surface area contributed by atoms with E-state index in [1.165, 1.54) is 19.1 Å². The molecule has 3 N–H and O–H groups in total. The SMILES string of the molecule is CC[NH+](CC)CCC[C@H](C)NS(=O)(=O)CCNC(=O)c1cc(OC)cc(OC)c1. The van der Waals surface area contributed by atoms with Crippen LogP contribution in [0.25, 0.3) is 0 Å². The second-order valence-corrected chi connectivity index (χ2v) is 8.92. The minimum absolute atomic E-state index is 0.0179.